The molecule has 25 heavy (non-hydrogen) atoms. The lowest BCUT2D eigenvalue weighted by Crippen LogP contribution is -2.22. The molecule has 130 valence electrons. The molecule has 0 bridgehead atoms. The first-order chi connectivity index (χ1) is 11.9. The zero-order valence-corrected chi connectivity index (χ0v) is 15.9. The first-order valence-electron chi connectivity index (χ1n) is 7.81. The van der Waals surface area contributed by atoms with E-state index in [9.17, 15) is 14.9 Å². The third-order valence-electron chi connectivity index (χ3n) is 3.35. The number of amides is 2. The number of rotatable bonds is 6. The monoisotopic (exact) mass is 373 g/mol. The number of carbonyl (C=O) groups excluding carboxylic acids is 2. The number of thioether (sulfide) groups is 1. The summed E-state index contributed by atoms with van der Waals surface area (Å²) in [5.74, 6) is -0.263. The van der Waals surface area contributed by atoms with Gasteiger partial charge in [-0.15, -0.1) is 23.1 Å². The quantitative estimate of drug-likeness (QED) is 0.741. The van der Waals surface area contributed by atoms with Crippen LogP contribution in [0, 0.1) is 11.3 Å². The van der Waals surface area contributed by atoms with Crippen LogP contribution in [0.2, 0.25) is 0 Å². The second-order valence-corrected chi connectivity index (χ2v) is 7.93. The summed E-state index contributed by atoms with van der Waals surface area (Å²) in [5.41, 5.74) is 1.23. The second kappa shape index (κ2) is 8.70. The van der Waals surface area contributed by atoms with Crippen molar-refractivity contribution in [3.63, 3.8) is 0 Å². The molecule has 7 heteroatoms. The third-order valence-corrected chi connectivity index (χ3v) is 5.65. The van der Waals surface area contributed by atoms with Crippen LogP contribution in [0.25, 0.3) is 0 Å². The molecule has 0 unspecified atom stereocenters. The summed E-state index contributed by atoms with van der Waals surface area (Å²) < 4.78 is 0. The van der Waals surface area contributed by atoms with Crippen molar-refractivity contribution in [2.24, 2.45) is 0 Å². The number of anilines is 2. The highest BCUT2D eigenvalue weighted by Gasteiger charge is 2.17. The Labute approximate surface area is 155 Å². The molecular weight excluding hydrogens is 354 g/mol. The van der Waals surface area contributed by atoms with Gasteiger partial charge in [-0.05, 0) is 43.7 Å². The molecule has 5 nitrogen and oxygen atoms in total. The number of carbonyl (C=O) groups is 2. The van der Waals surface area contributed by atoms with Gasteiger partial charge in [-0.1, -0.05) is 6.92 Å². The van der Waals surface area contributed by atoms with Gasteiger partial charge in [0.15, 0.2) is 0 Å². The van der Waals surface area contributed by atoms with Gasteiger partial charge in [0.2, 0.25) is 11.8 Å². The molecule has 2 N–H and O–H groups in total. The van der Waals surface area contributed by atoms with Crippen LogP contribution in [0.15, 0.2) is 35.2 Å². The van der Waals surface area contributed by atoms with Crippen molar-refractivity contribution in [2.45, 2.75) is 37.3 Å². The number of nitrogens with one attached hydrogen (secondary N) is 2. The molecule has 2 amide bonds. The van der Waals surface area contributed by atoms with Crippen molar-refractivity contribution in [1.29, 1.82) is 5.26 Å². The number of nitriles is 1. The fraction of sp³-hybridized carbons (Fsp3) is 0.278. The number of benzene rings is 1. The number of hydrogen-bond acceptors (Lipinski definition) is 5. The fourth-order valence-corrected chi connectivity index (χ4v) is 3.90. The molecular formula is C18H19N3O2S2. The summed E-state index contributed by atoms with van der Waals surface area (Å²) in [7, 11) is 0. The van der Waals surface area contributed by atoms with E-state index >= 15 is 0 Å². The van der Waals surface area contributed by atoms with E-state index in [4.69, 9.17) is 0 Å². The SMILES string of the molecule is CCc1cc(C#N)c(NC(=O)[C@@H](C)Sc2ccc(NC(C)=O)cc2)s1. The van der Waals surface area contributed by atoms with Crippen molar-refractivity contribution in [3.05, 3.63) is 40.8 Å². The predicted molar refractivity (Wildman–Crippen MR) is 103 cm³/mol. The molecule has 0 aliphatic carbocycles. The first kappa shape index (κ1) is 19.0. The minimum Gasteiger partial charge on any atom is -0.326 e. The Balaban J connectivity index is 1.99. The van der Waals surface area contributed by atoms with Crippen LogP contribution < -0.4 is 10.6 Å². The Morgan fingerprint density at radius 2 is 1.96 bits per heavy atom. The van der Waals surface area contributed by atoms with Crippen LogP contribution in [0.3, 0.4) is 0 Å². The van der Waals surface area contributed by atoms with Crippen LogP contribution >= 0.6 is 23.1 Å². The van der Waals surface area contributed by atoms with Crippen molar-refractivity contribution in [2.75, 3.05) is 10.6 Å². The Morgan fingerprint density at radius 1 is 1.28 bits per heavy atom. The Bertz CT molecular complexity index is 807. The van der Waals surface area contributed by atoms with Crippen molar-refractivity contribution >= 4 is 45.6 Å². The zero-order chi connectivity index (χ0) is 18.4. The maximum atomic E-state index is 12.4. The summed E-state index contributed by atoms with van der Waals surface area (Å²) in [5, 5.41) is 15.0. The van der Waals surface area contributed by atoms with E-state index < -0.39 is 0 Å². The minimum absolute atomic E-state index is 0.121. The van der Waals surface area contributed by atoms with E-state index in [-0.39, 0.29) is 17.1 Å². The van der Waals surface area contributed by atoms with Gasteiger partial charge in [0.1, 0.15) is 11.1 Å². The number of thiophene rings is 1. The van der Waals surface area contributed by atoms with Crippen molar-refractivity contribution in [1.82, 2.24) is 0 Å². The average molecular weight is 374 g/mol. The Kier molecular flexibility index (Phi) is 6.62. The summed E-state index contributed by atoms with van der Waals surface area (Å²) in [6.07, 6.45) is 0.833. The largest absolute Gasteiger partial charge is 0.326 e. The molecule has 2 aromatic rings. The number of nitrogens with zero attached hydrogens (tertiary/aromatic N) is 1. The van der Waals surface area contributed by atoms with Gasteiger partial charge in [0, 0.05) is 22.4 Å². The van der Waals surface area contributed by atoms with E-state index in [2.05, 4.69) is 16.7 Å². The standard InChI is InChI=1S/C18H19N3O2S2/c1-4-15-9-13(10-19)18(25-15)21-17(23)11(2)24-16-7-5-14(6-8-16)20-12(3)22/h5-9,11H,4H2,1-3H3,(H,20,22)(H,21,23)/t11-/m1/s1. The second-order valence-electron chi connectivity index (χ2n) is 5.38. The van der Waals surface area contributed by atoms with Crippen LogP contribution in [-0.2, 0) is 16.0 Å². The molecule has 0 spiro atoms. The van der Waals surface area contributed by atoms with Gasteiger partial charge in [-0.25, -0.2) is 0 Å². The molecule has 1 aromatic heterocycles. The smallest absolute Gasteiger partial charge is 0.238 e. The first-order valence-corrected chi connectivity index (χ1v) is 9.50. The van der Waals surface area contributed by atoms with E-state index in [1.807, 2.05) is 32.0 Å². The number of aryl methyl sites for hydroxylation is 1. The number of hydrogen-bond donors (Lipinski definition) is 2. The van der Waals surface area contributed by atoms with Gasteiger partial charge in [-0.2, -0.15) is 5.26 Å². The molecule has 0 radical (unpaired) electrons. The molecule has 0 saturated heterocycles. The summed E-state index contributed by atoms with van der Waals surface area (Å²) in [6, 6.07) is 11.3. The van der Waals surface area contributed by atoms with Crippen LogP contribution in [0.1, 0.15) is 31.2 Å². The maximum Gasteiger partial charge on any atom is 0.238 e. The highest BCUT2D eigenvalue weighted by atomic mass is 32.2. The van der Waals surface area contributed by atoms with Crippen LogP contribution in [0.5, 0.6) is 0 Å². The summed E-state index contributed by atoms with van der Waals surface area (Å²) >= 11 is 2.86. The predicted octanol–water partition coefficient (Wildman–Crippen LogP) is 4.26. The normalized spacial score (nSPS) is 11.4. The highest BCUT2D eigenvalue weighted by molar-refractivity contribution is 8.00. The lowest BCUT2D eigenvalue weighted by molar-refractivity contribution is -0.115. The van der Waals surface area contributed by atoms with Gasteiger partial charge in [-0.3, -0.25) is 9.59 Å². The van der Waals surface area contributed by atoms with Gasteiger partial charge >= 0.3 is 0 Å². The third kappa shape index (κ3) is 5.34. The maximum absolute atomic E-state index is 12.4. The topological polar surface area (TPSA) is 82.0 Å². The minimum atomic E-state index is -0.315. The molecule has 2 rings (SSSR count). The fourth-order valence-electron chi connectivity index (χ4n) is 2.08. The molecule has 0 saturated carbocycles. The zero-order valence-electron chi connectivity index (χ0n) is 14.3. The van der Waals surface area contributed by atoms with E-state index in [1.54, 1.807) is 12.1 Å². The van der Waals surface area contributed by atoms with E-state index in [1.165, 1.54) is 30.0 Å². The molecule has 1 heterocycles. The van der Waals surface area contributed by atoms with Gasteiger partial charge in [0.05, 0.1) is 10.8 Å². The van der Waals surface area contributed by atoms with Crippen molar-refractivity contribution < 1.29 is 9.59 Å². The molecule has 1 atom stereocenters. The Hall–Kier alpha value is -2.30. The van der Waals surface area contributed by atoms with E-state index in [0.29, 0.717) is 10.6 Å². The average Bonchev–Trinajstić information content (AvgIpc) is 2.98. The highest BCUT2D eigenvalue weighted by Crippen LogP contribution is 2.30. The lowest BCUT2D eigenvalue weighted by atomic mass is 10.3. The van der Waals surface area contributed by atoms with Crippen molar-refractivity contribution in [3.8, 4) is 6.07 Å². The Morgan fingerprint density at radius 3 is 2.52 bits per heavy atom. The van der Waals surface area contributed by atoms with Crippen LogP contribution in [-0.4, -0.2) is 17.1 Å². The summed E-state index contributed by atoms with van der Waals surface area (Å²) in [4.78, 5) is 25.4. The van der Waals surface area contributed by atoms with Gasteiger partial charge < -0.3 is 10.6 Å². The lowest BCUT2D eigenvalue weighted by Gasteiger charge is -2.12. The molecule has 0 aliphatic heterocycles. The molecule has 0 aliphatic rings. The van der Waals surface area contributed by atoms with Gasteiger partial charge in [0.25, 0.3) is 0 Å². The molecule has 0 fully saturated rings. The summed E-state index contributed by atoms with van der Waals surface area (Å²) in [6.45, 7) is 5.29. The van der Waals surface area contributed by atoms with Crippen LogP contribution in [0.4, 0.5) is 10.7 Å². The molecule has 1 aromatic carbocycles. The van der Waals surface area contributed by atoms with E-state index in [0.717, 1.165) is 21.9 Å².